The van der Waals surface area contributed by atoms with Crippen LogP contribution >= 0.6 is 34.4 Å². The van der Waals surface area contributed by atoms with Crippen LogP contribution in [-0.2, 0) is 0 Å². The fourth-order valence-electron chi connectivity index (χ4n) is 2.51. The van der Waals surface area contributed by atoms with Gasteiger partial charge >= 0.3 is 0 Å². The van der Waals surface area contributed by atoms with E-state index in [2.05, 4.69) is 90.0 Å². The minimum absolute atomic E-state index is 0.747. The van der Waals surface area contributed by atoms with E-state index in [0.29, 0.717) is 0 Å². The van der Waals surface area contributed by atoms with E-state index in [1.807, 2.05) is 11.8 Å². The maximum absolute atomic E-state index is 2.27. The first-order valence-corrected chi connectivity index (χ1v) is 11.2. The lowest BCUT2D eigenvalue weighted by molar-refractivity contribution is 0.737. The third-order valence-electron chi connectivity index (χ3n) is 4.20. The van der Waals surface area contributed by atoms with Gasteiger partial charge < -0.3 is 0 Å². The fraction of sp³-hybridized carbons (Fsp3) is 0.182. The molecule has 0 nitrogen and oxygen atoms in total. The summed E-state index contributed by atoms with van der Waals surface area (Å²) in [6.45, 7) is 4.49. The van der Waals surface area contributed by atoms with Gasteiger partial charge in [-0.05, 0) is 63.0 Å². The molecule has 4 aromatic rings. The van der Waals surface area contributed by atoms with Gasteiger partial charge in [0.1, 0.15) is 0 Å². The predicted molar refractivity (Wildman–Crippen MR) is 115 cm³/mol. The molecule has 0 bridgehead atoms. The minimum atomic E-state index is 0.747. The van der Waals surface area contributed by atoms with Crippen LogP contribution in [0.15, 0.2) is 85.9 Å². The third kappa shape index (κ3) is 4.97. The molecule has 0 saturated carbocycles. The van der Waals surface area contributed by atoms with Crippen molar-refractivity contribution < 1.29 is 0 Å². The zero-order valence-corrected chi connectivity index (χ0v) is 17.0. The number of hydrogen-bond donors (Lipinski definition) is 0. The number of benzene rings is 2. The average Bonchev–Trinajstić information content (AvgIpc) is 3.36. The van der Waals surface area contributed by atoms with Crippen LogP contribution in [0.4, 0.5) is 0 Å². The maximum Gasteiger partial charge on any atom is 0.0229 e. The highest BCUT2D eigenvalue weighted by Crippen LogP contribution is 2.34. The van der Waals surface area contributed by atoms with Gasteiger partial charge in [0.15, 0.2) is 0 Å². The molecule has 4 rings (SSSR count). The first-order chi connectivity index (χ1) is 12.3. The lowest BCUT2D eigenvalue weighted by Gasteiger charge is -2.04. The Kier molecular flexibility index (Phi) is 6.74. The van der Waals surface area contributed by atoms with Crippen LogP contribution in [0.25, 0.3) is 10.8 Å². The van der Waals surface area contributed by atoms with E-state index in [4.69, 9.17) is 0 Å². The molecule has 0 spiro atoms. The molecule has 0 amide bonds. The molecule has 2 heterocycles. The molecule has 0 aliphatic carbocycles. The Morgan fingerprint density at radius 3 is 2.36 bits per heavy atom. The smallest absolute Gasteiger partial charge is 0.0229 e. The van der Waals surface area contributed by atoms with Gasteiger partial charge in [-0.25, -0.2) is 0 Å². The first kappa shape index (κ1) is 18.2. The third-order valence-corrected chi connectivity index (χ3v) is 6.80. The molecule has 0 aliphatic rings. The Bertz CT molecular complexity index is 871. The Labute approximate surface area is 162 Å². The molecule has 128 valence electrons. The van der Waals surface area contributed by atoms with Gasteiger partial charge in [0, 0.05) is 15.2 Å². The Morgan fingerprint density at radius 2 is 1.64 bits per heavy atom. The van der Waals surface area contributed by atoms with E-state index in [0.717, 1.165) is 5.92 Å². The van der Waals surface area contributed by atoms with Crippen LogP contribution in [0.3, 0.4) is 0 Å². The molecule has 0 saturated heterocycles. The van der Waals surface area contributed by atoms with Crippen molar-refractivity contribution in [1.82, 2.24) is 0 Å². The van der Waals surface area contributed by atoms with Crippen LogP contribution in [0.5, 0.6) is 0 Å². The number of fused-ring (bicyclic) bond motifs is 1. The highest BCUT2D eigenvalue weighted by atomic mass is 32.2. The van der Waals surface area contributed by atoms with Crippen molar-refractivity contribution in [3.8, 4) is 0 Å². The molecule has 2 aromatic heterocycles. The summed E-state index contributed by atoms with van der Waals surface area (Å²) in [5.74, 6) is 0.747. The van der Waals surface area contributed by atoms with Gasteiger partial charge in [-0.2, -0.15) is 22.7 Å². The lowest BCUT2D eigenvalue weighted by Crippen LogP contribution is -1.85. The number of rotatable bonds is 4. The molecule has 3 heteroatoms. The van der Waals surface area contributed by atoms with Crippen molar-refractivity contribution >= 4 is 45.2 Å². The topological polar surface area (TPSA) is 0 Å². The van der Waals surface area contributed by atoms with Gasteiger partial charge in [0.2, 0.25) is 0 Å². The minimum Gasteiger partial charge on any atom is -0.152 e. The summed E-state index contributed by atoms with van der Waals surface area (Å²) in [5, 5.41) is 11.3. The molecule has 0 fully saturated rings. The van der Waals surface area contributed by atoms with Gasteiger partial charge in [-0.3, -0.25) is 0 Å². The van der Waals surface area contributed by atoms with Crippen LogP contribution < -0.4 is 0 Å². The summed E-state index contributed by atoms with van der Waals surface area (Å²) >= 11 is 5.36. The van der Waals surface area contributed by atoms with Crippen molar-refractivity contribution in [2.24, 2.45) is 0 Å². The molecule has 0 radical (unpaired) electrons. The summed E-state index contributed by atoms with van der Waals surface area (Å²) in [7, 11) is 0. The summed E-state index contributed by atoms with van der Waals surface area (Å²) in [6, 6.07) is 19.4. The normalized spacial score (nSPS) is 11.8. The van der Waals surface area contributed by atoms with Gasteiger partial charge in [0.25, 0.3) is 0 Å². The molecular formula is C22H22S3. The molecule has 0 aliphatic heterocycles. The van der Waals surface area contributed by atoms with Crippen molar-refractivity contribution in [1.29, 1.82) is 0 Å². The Hall–Kier alpha value is -1.55. The molecule has 1 atom stereocenters. The van der Waals surface area contributed by atoms with E-state index in [9.17, 15) is 0 Å². The predicted octanol–water partition coefficient (Wildman–Crippen LogP) is 8.31. The van der Waals surface area contributed by atoms with Crippen molar-refractivity contribution in [2.75, 3.05) is 0 Å². The molecule has 1 unspecified atom stereocenters. The van der Waals surface area contributed by atoms with E-state index in [1.54, 1.807) is 22.7 Å². The van der Waals surface area contributed by atoms with Crippen LogP contribution in [0.1, 0.15) is 31.7 Å². The second-order valence-corrected chi connectivity index (χ2v) is 8.58. The number of thiophene rings is 2. The van der Waals surface area contributed by atoms with E-state index < -0.39 is 0 Å². The van der Waals surface area contributed by atoms with E-state index in [1.165, 1.54) is 32.5 Å². The second kappa shape index (κ2) is 9.23. The Balaban J connectivity index is 0.000000173. The quantitative estimate of drug-likeness (QED) is 0.342. The number of hydrogen-bond acceptors (Lipinski definition) is 3. The highest BCUT2D eigenvalue weighted by molar-refractivity contribution is 7.99. The SMILES string of the molecule is CCC(C)c1ccsc1.c1ccc2c(Sc3ccsc3)cccc2c1. The van der Waals surface area contributed by atoms with E-state index in [-0.39, 0.29) is 0 Å². The molecular weight excluding hydrogens is 360 g/mol. The van der Waals surface area contributed by atoms with Crippen LogP contribution in [0, 0.1) is 0 Å². The summed E-state index contributed by atoms with van der Waals surface area (Å²) in [5.41, 5.74) is 1.49. The molecule has 2 aromatic carbocycles. The second-order valence-electron chi connectivity index (χ2n) is 5.90. The monoisotopic (exact) mass is 382 g/mol. The average molecular weight is 383 g/mol. The maximum atomic E-state index is 2.27. The molecule has 25 heavy (non-hydrogen) atoms. The zero-order chi connectivity index (χ0) is 17.5. The summed E-state index contributed by atoms with van der Waals surface area (Å²) < 4.78 is 0. The molecule has 0 N–H and O–H groups in total. The summed E-state index contributed by atoms with van der Waals surface area (Å²) in [4.78, 5) is 2.65. The Morgan fingerprint density at radius 1 is 0.880 bits per heavy atom. The first-order valence-electron chi connectivity index (χ1n) is 8.48. The largest absolute Gasteiger partial charge is 0.152 e. The summed E-state index contributed by atoms with van der Waals surface area (Å²) in [6.07, 6.45) is 1.25. The standard InChI is InChI=1S/C14H10S2.C8H12S/c1-2-6-13-11(4-1)5-3-7-14(13)16-12-8-9-15-10-12;1-3-7(2)8-4-5-9-6-8/h1-10H;4-7H,3H2,1-2H3. The van der Waals surface area contributed by atoms with E-state index >= 15 is 0 Å². The van der Waals surface area contributed by atoms with Gasteiger partial charge in [0.05, 0.1) is 0 Å². The lowest BCUT2D eigenvalue weighted by atomic mass is 10.0. The van der Waals surface area contributed by atoms with Crippen LogP contribution in [-0.4, -0.2) is 0 Å². The van der Waals surface area contributed by atoms with Crippen molar-refractivity contribution in [3.63, 3.8) is 0 Å². The van der Waals surface area contributed by atoms with Gasteiger partial charge in [-0.1, -0.05) is 62.0 Å². The van der Waals surface area contributed by atoms with Crippen LogP contribution in [0.2, 0.25) is 0 Å². The zero-order valence-electron chi connectivity index (χ0n) is 14.5. The highest BCUT2D eigenvalue weighted by Gasteiger charge is 2.02. The van der Waals surface area contributed by atoms with Gasteiger partial charge in [-0.15, -0.1) is 0 Å². The van der Waals surface area contributed by atoms with Crippen molar-refractivity contribution in [2.45, 2.75) is 36.0 Å². The fourth-order valence-corrected chi connectivity index (χ4v) is 5.09. The van der Waals surface area contributed by atoms with Crippen molar-refractivity contribution in [3.05, 3.63) is 81.7 Å².